The minimum atomic E-state index is -0.386. The SMILES string of the molecule is Fc1cc(Cl)c(N2CCCC2)c(Cl)c1. The zero-order valence-corrected chi connectivity index (χ0v) is 9.08. The summed E-state index contributed by atoms with van der Waals surface area (Å²) >= 11 is 11.9. The number of rotatable bonds is 1. The van der Waals surface area contributed by atoms with Crippen molar-refractivity contribution in [1.82, 2.24) is 0 Å². The van der Waals surface area contributed by atoms with E-state index in [-0.39, 0.29) is 5.82 Å². The van der Waals surface area contributed by atoms with Crippen LogP contribution in [0.25, 0.3) is 0 Å². The third-order valence-corrected chi connectivity index (χ3v) is 2.98. The third-order valence-electron chi connectivity index (χ3n) is 2.40. The lowest BCUT2D eigenvalue weighted by Gasteiger charge is -2.20. The molecule has 1 aliphatic rings. The first-order valence-electron chi connectivity index (χ1n) is 4.58. The van der Waals surface area contributed by atoms with Crippen molar-refractivity contribution in [1.29, 1.82) is 0 Å². The Morgan fingerprint density at radius 3 is 2.07 bits per heavy atom. The van der Waals surface area contributed by atoms with E-state index < -0.39 is 0 Å². The van der Waals surface area contributed by atoms with E-state index in [1.165, 1.54) is 12.1 Å². The van der Waals surface area contributed by atoms with E-state index in [1.807, 2.05) is 0 Å². The smallest absolute Gasteiger partial charge is 0.126 e. The fourth-order valence-electron chi connectivity index (χ4n) is 1.78. The second-order valence-electron chi connectivity index (χ2n) is 3.41. The first-order valence-corrected chi connectivity index (χ1v) is 5.33. The van der Waals surface area contributed by atoms with E-state index in [0.717, 1.165) is 31.6 Å². The predicted molar refractivity (Wildman–Crippen MR) is 57.9 cm³/mol. The quantitative estimate of drug-likeness (QED) is 0.715. The molecule has 0 aliphatic carbocycles. The van der Waals surface area contributed by atoms with Gasteiger partial charge in [-0.1, -0.05) is 23.2 Å². The van der Waals surface area contributed by atoms with E-state index in [4.69, 9.17) is 23.2 Å². The molecule has 0 bridgehead atoms. The number of anilines is 1. The van der Waals surface area contributed by atoms with Gasteiger partial charge < -0.3 is 4.90 Å². The molecule has 0 spiro atoms. The molecule has 76 valence electrons. The number of hydrogen-bond donors (Lipinski definition) is 0. The molecular weight excluding hydrogens is 224 g/mol. The summed E-state index contributed by atoms with van der Waals surface area (Å²) in [5.41, 5.74) is 0.771. The number of hydrogen-bond acceptors (Lipinski definition) is 1. The van der Waals surface area contributed by atoms with Gasteiger partial charge in [0, 0.05) is 13.1 Å². The molecule has 0 N–H and O–H groups in total. The summed E-state index contributed by atoms with van der Waals surface area (Å²) in [6, 6.07) is 2.61. The van der Waals surface area contributed by atoms with Crippen LogP contribution in [0.4, 0.5) is 10.1 Å². The molecule has 4 heteroatoms. The van der Waals surface area contributed by atoms with Crippen LogP contribution in [-0.2, 0) is 0 Å². The molecule has 0 radical (unpaired) electrons. The van der Waals surface area contributed by atoms with Crippen LogP contribution in [0.3, 0.4) is 0 Å². The van der Waals surface area contributed by atoms with Gasteiger partial charge in [-0.2, -0.15) is 0 Å². The molecule has 1 aromatic carbocycles. The molecule has 1 heterocycles. The van der Waals surface area contributed by atoms with E-state index in [1.54, 1.807) is 0 Å². The average molecular weight is 234 g/mol. The second kappa shape index (κ2) is 3.95. The molecule has 1 nitrogen and oxygen atoms in total. The summed E-state index contributed by atoms with van der Waals surface area (Å²) < 4.78 is 12.9. The second-order valence-corrected chi connectivity index (χ2v) is 4.23. The maximum Gasteiger partial charge on any atom is 0.126 e. The van der Waals surface area contributed by atoms with Gasteiger partial charge in [0.25, 0.3) is 0 Å². The predicted octanol–water partition coefficient (Wildman–Crippen LogP) is 3.73. The van der Waals surface area contributed by atoms with E-state index >= 15 is 0 Å². The Kier molecular flexibility index (Phi) is 2.84. The largest absolute Gasteiger partial charge is 0.369 e. The van der Waals surface area contributed by atoms with Crippen molar-refractivity contribution in [2.45, 2.75) is 12.8 Å². The van der Waals surface area contributed by atoms with Gasteiger partial charge in [0.15, 0.2) is 0 Å². The molecule has 0 atom stereocenters. The maximum atomic E-state index is 12.9. The van der Waals surface area contributed by atoms with Crippen molar-refractivity contribution in [3.8, 4) is 0 Å². The minimum absolute atomic E-state index is 0.386. The molecule has 0 aromatic heterocycles. The highest BCUT2D eigenvalue weighted by Crippen LogP contribution is 2.36. The zero-order valence-electron chi connectivity index (χ0n) is 7.56. The molecule has 2 rings (SSSR count). The van der Waals surface area contributed by atoms with Gasteiger partial charge in [-0.15, -0.1) is 0 Å². The Labute approximate surface area is 92.4 Å². The fourth-order valence-corrected chi connectivity index (χ4v) is 2.48. The zero-order chi connectivity index (χ0) is 10.1. The van der Waals surface area contributed by atoms with Crippen LogP contribution in [-0.4, -0.2) is 13.1 Å². The first kappa shape index (κ1) is 10.1. The van der Waals surface area contributed by atoms with Crippen LogP contribution in [0.5, 0.6) is 0 Å². The molecule has 1 saturated heterocycles. The Balaban J connectivity index is 2.40. The van der Waals surface area contributed by atoms with Crippen LogP contribution >= 0.6 is 23.2 Å². The highest BCUT2D eigenvalue weighted by atomic mass is 35.5. The third kappa shape index (κ3) is 1.82. The van der Waals surface area contributed by atoms with Crippen LogP contribution in [0.2, 0.25) is 10.0 Å². The lowest BCUT2D eigenvalue weighted by atomic mass is 10.3. The van der Waals surface area contributed by atoms with Crippen LogP contribution in [0, 0.1) is 5.82 Å². The molecule has 0 amide bonds. The van der Waals surface area contributed by atoms with Crippen LogP contribution in [0.15, 0.2) is 12.1 Å². The topological polar surface area (TPSA) is 3.24 Å². The van der Waals surface area contributed by atoms with Gasteiger partial charge in [-0.3, -0.25) is 0 Å². The molecule has 0 saturated carbocycles. The van der Waals surface area contributed by atoms with Crippen LogP contribution in [0.1, 0.15) is 12.8 Å². The molecule has 1 aliphatic heterocycles. The van der Waals surface area contributed by atoms with Gasteiger partial charge >= 0.3 is 0 Å². The number of nitrogens with zero attached hydrogens (tertiary/aromatic N) is 1. The fraction of sp³-hybridized carbons (Fsp3) is 0.400. The van der Waals surface area contributed by atoms with E-state index in [2.05, 4.69) is 4.90 Å². The highest BCUT2D eigenvalue weighted by Gasteiger charge is 2.18. The summed E-state index contributed by atoms with van der Waals surface area (Å²) in [7, 11) is 0. The molecular formula is C10H10Cl2FN. The Morgan fingerprint density at radius 2 is 1.57 bits per heavy atom. The monoisotopic (exact) mass is 233 g/mol. The van der Waals surface area contributed by atoms with Crippen molar-refractivity contribution in [3.63, 3.8) is 0 Å². The molecule has 14 heavy (non-hydrogen) atoms. The Hall–Kier alpha value is -0.470. The van der Waals surface area contributed by atoms with Crippen molar-refractivity contribution in [2.24, 2.45) is 0 Å². The van der Waals surface area contributed by atoms with Crippen LogP contribution < -0.4 is 4.90 Å². The number of halogens is 3. The normalized spacial score (nSPS) is 16.4. The van der Waals surface area contributed by atoms with Crippen molar-refractivity contribution in [3.05, 3.63) is 28.0 Å². The van der Waals surface area contributed by atoms with E-state index in [9.17, 15) is 4.39 Å². The number of benzene rings is 1. The van der Waals surface area contributed by atoms with Crippen molar-refractivity contribution < 1.29 is 4.39 Å². The lowest BCUT2D eigenvalue weighted by Crippen LogP contribution is -2.18. The summed E-state index contributed by atoms with van der Waals surface area (Å²) in [5.74, 6) is -0.386. The van der Waals surface area contributed by atoms with E-state index in [0.29, 0.717) is 10.0 Å². The highest BCUT2D eigenvalue weighted by molar-refractivity contribution is 6.39. The van der Waals surface area contributed by atoms with Gasteiger partial charge in [0.2, 0.25) is 0 Å². The maximum absolute atomic E-state index is 12.9. The van der Waals surface area contributed by atoms with Gasteiger partial charge in [-0.25, -0.2) is 4.39 Å². The lowest BCUT2D eigenvalue weighted by molar-refractivity contribution is 0.628. The van der Waals surface area contributed by atoms with Gasteiger partial charge in [0.1, 0.15) is 5.82 Å². The molecule has 0 unspecified atom stereocenters. The minimum Gasteiger partial charge on any atom is -0.369 e. The van der Waals surface area contributed by atoms with Gasteiger partial charge in [-0.05, 0) is 25.0 Å². The van der Waals surface area contributed by atoms with Crippen molar-refractivity contribution in [2.75, 3.05) is 18.0 Å². The molecule has 1 fully saturated rings. The average Bonchev–Trinajstić information content (AvgIpc) is 2.54. The summed E-state index contributed by atoms with van der Waals surface area (Å²) in [6.45, 7) is 1.90. The summed E-state index contributed by atoms with van der Waals surface area (Å²) in [4.78, 5) is 2.10. The standard InChI is InChI=1S/C10H10Cl2FN/c11-8-5-7(13)6-9(12)10(8)14-3-1-2-4-14/h5-6H,1-4H2. The summed E-state index contributed by atoms with van der Waals surface area (Å²) in [6.07, 6.45) is 2.29. The first-order chi connectivity index (χ1) is 6.68. The summed E-state index contributed by atoms with van der Waals surface area (Å²) in [5, 5.41) is 0.800. The Bertz CT molecular complexity index is 325. The van der Waals surface area contributed by atoms with Gasteiger partial charge in [0.05, 0.1) is 15.7 Å². The van der Waals surface area contributed by atoms with Crippen molar-refractivity contribution >= 4 is 28.9 Å². The molecule has 1 aromatic rings. The Morgan fingerprint density at radius 1 is 1.07 bits per heavy atom.